The van der Waals surface area contributed by atoms with Crippen molar-refractivity contribution in [2.45, 2.75) is 45.2 Å². The summed E-state index contributed by atoms with van der Waals surface area (Å²) in [5, 5.41) is 15.1. The van der Waals surface area contributed by atoms with E-state index in [0.29, 0.717) is 11.0 Å². The van der Waals surface area contributed by atoms with Crippen molar-refractivity contribution in [2.24, 2.45) is 0 Å². The van der Waals surface area contributed by atoms with Crippen LogP contribution in [0.1, 0.15) is 37.9 Å². The molecule has 27 heavy (non-hydrogen) atoms. The smallest absolute Gasteiger partial charge is 0.236 e. The highest BCUT2D eigenvalue weighted by Crippen LogP contribution is 2.22. The fraction of sp³-hybridized carbons (Fsp3) is 0.368. The molecule has 2 N–H and O–H groups in total. The standard InChI is InChI=1S/C19H24N6OS/c1-12-8-6-7-9-14(12)25-15(10-13(2)24-25)20-16(26)11-27-18-21-17(22-23-18)19(3,4)5/h6-10H,11H2,1-5H3,(H,20,26)(H,21,22,23). The maximum absolute atomic E-state index is 12.4. The van der Waals surface area contributed by atoms with Gasteiger partial charge in [-0.3, -0.25) is 9.89 Å². The van der Waals surface area contributed by atoms with Crippen LogP contribution in [0.15, 0.2) is 35.5 Å². The number of nitrogens with zero attached hydrogens (tertiary/aromatic N) is 4. The van der Waals surface area contributed by atoms with Crippen molar-refractivity contribution >= 4 is 23.5 Å². The average Bonchev–Trinajstić information content (AvgIpc) is 3.20. The molecule has 3 rings (SSSR count). The molecule has 0 saturated heterocycles. The summed E-state index contributed by atoms with van der Waals surface area (Å²) < 4.78 is 1.76. The average molecular weight is 385 g/mol. The number of benzene rings is 1. The largest absolute Gasteiger partial charge is 0.310 e. The number of hydrogen-bond acceptors (Lipinski definition) is 5. The van der Waals surface area contributed by atoms with Gasteiger partial charge in [-0.2, -0.15) is 5.10 Å². The number of anilines is 1. The number of carbonyl (C=O) groups excluding carboxylic acids is 1. The summed E-state index contributed by atoms with van der Waals surface area (Å²) in [4.78, 5) is 16.9. The zero-order valence-corrected chi connectivity index (χ0v) is 17.0. The van der Waals surface area contributed by atoms with Crippen LogP contribution in [0.5, 0.6) is 0 Å². The van der Waals surface area contributed by atoms with E-state index in [0.717, 1.165) is 22.8 Å². The van der Waals surface area contributed by atoms with Crippen LogP contribution in [0.2, 0.25) is 0 Å². The van der Waals surface area contributed by atoms with Gasteiger partial charge in [-0.1, -0.05) is 50.7 Å². The van der Waals surface area contributed by atoms with Crippen LogP contribution in [0.25, 0.3) is 5.69 Å². The molecule has 0 unspecified atom stereocenters. The molecule has 0 radical (unpaired) electrons. The van der Waals surface area contributed by atoms with Crippen molar-refractivity contribution < 1.29 is 4.79 Å². The van der Waals surface area contributed by atoms with Crippen LogP contribution in [0.4, 0.5) is 5.82 Å². The highest BCUT2D eigenvalue weighted by molar-refractivity contribution is 7.99. The molecule has 0 aliphatic rings. The van der Waals surface area contributed by atoms with Crippen molar-refractivity contribution in [3.63, 3.8) is 0 Å². The highest BCUT2D eigenvalue weighted by Gasteiger charge is 2.19. The first-order valence-corrected chi connectivity index (χ1v) is 9.71. The van der Waals surface area contributed by atoms with Crippen molar-refractivity contribution in [2.75, 3.05) is 11.1 Å². The van der Waals surface area contributed by atoms with Crippen LogP contribution in [0, 0.1) is 13.8 Å². The van der Waals surface area contributed by atoms with Gasteiger partial charge in [0, 0.05) is 11.5 Å². The summed E-state index contributed by atoms with van der Waals surface area (Å²) in [5.41, 5.74) is 2.76. The molecule has 0 spiro atoms. The highest BCUT2D eigenvalue weighted by atomic mass is 32.2. The second kappa shape index (κ2) is 7.56. The summed E-state index contributed by atoms with van der Waals surface area (Å²) in [5.74, 6) is 1.55. The van der Waals surface area contributed by atoms with Gasteiger partial charge in [-0.25, -0.2) is 9.67 Å². The number of para-hydroxylation sites is 1. The Balaban J connectivity index is 1.68. The molecule has 2 aromatic heterocycles. The molecule has 1 amide bonds. The van der Waals surface area contributed by atoms with E-state index in [1.807, 2.05) is 44.2 Å². The molecule has 0 atom stereocenters. The molecule has 0 aliphatic heterocycles. The number of thioether (sulfide) groups is 1. The third-order valence-corrected chi connectivity index (χ3v) is 4.80. The minimum absolute atomic E-state index is 0.106. The number of aryl methyl sites for hydroxylation is 2. The van der Waals surface area contributed by atoms with E-state index in [2.05, 4.69) is 46.4 Å². The first kappa shape index (κ1) is 19.2. The van der Waals surface area contributed by atoms with E-state index in [9.17, 15) is 4.79 Å². The number of nitrogens with one attached hydrogen (secondary N) is 2. The number of H-pyrrole nitrogens is 1. The van der Waals surface area contributed by atoms with Gasteiger partial charge in [0.1, 0.15) is 11.6 Å². The summed E-state index contributed by atoms with van der Waals surface area (Å²) in [6.45, 7) is 10.1. The maximum Gasteiger partial charge on any atom is 0.236 e. The predicted molar refractivity (Wildman–Crippen MR) is 107 cm³/mol. The number of amides is 1. The SMILES string of the molecule is Cc1cc(NC(=O)CSc2n[nH]c(C(C)(C)C)n2)n(-c2ccccc2C)n1. The molecule has 3 aromatic rings. The number of rotatable bonds is 5. The lowest BCUT2D eigenvalue weighted by Crippen LogP contribution is -2.17. The van der Waals surface area contributed by atoms with Gasteiger partial charge in [-0.05, 0) is 25.5 Å². The number of aromatic nitrogens is 5. The molecule has 0 fully saturated rings. The van der Waals surface area contributed by atoms with E-state index >= 15 is 0 Å². The molecule has 1 aromatic carbocycles. The van der Waals surface area contributed by atoms with Crippen LogP contribution in [0.3, 0.4) is 0 Å². The van der Waals surface area contributed by atoms with Gasteiger partial charge in [0.2, 0.25) is 11.1 Å². The van der Waals surface area contributed by atoms with Crippen molar-refractivity contribution in [1.82, 2.24) is 25.0 Å². The summed E-state index contributed by atoms with van der Waals surface area (Å²) >= 11 is 1.30. The Labute approximate surface area is 163 Å². The minimum atomic E-state index is -0.128. The van der Waals surface area contributed by atoms with Crippen LogP contribution in [-0.2, 0) is 10.2 Å². The van der Waals surface area contributed by atoms with Crippen LogP contribution < -0.4 is 5.32 Å². The summed E-state index contributed by atoms with van der Waals surface area (Å²) in [6.07, 6.45) is 0. The van der Waals surface area contributed by atoms with Gasteiger partial charge in [0.15, 0.2) is 0 Å². The summed E-state index contributed by atoms with van der Waals surface area (Å²) in [6, 6.07) is 9.79. The molecule has 142 valence electrons. The minimum Gasteiger partial charge on any atom is -0.310 e. The number of hydrogen-bond donors (Lipinski definition) is 2. The molecule has 8 heteroatoms. The van der Waals surface area contributed by atoms with E-state index in [1.54, 1.807) is 4.68 Å². The van der Waals surface area contributed by atoms with E-state index in [4.69, 9.17) is 0 Å². The second-order valence-electron chi connectivity index (χ2n) is 7.42. The third-order valence-electron chi connectivity index (χ3n) is 3.95. The molecular formula is C19H24N6OS. The fourth-order valence-corrected chi connectivity index (χ4v) is 3.13. The molecule has 0 aliphatic carbocycles. The lowest BCUT2D eigenvalue weighted by Gasteiger charge is -2.12. The maximum atomic E-state index is 12.4. The Bertz CT molecular complexity index is 953. The van der Waals surface area contributed by atoms with Crippen molar-refractivity contribution in [1.29, 1.82) is 0 Å². The van der Waals surface area contributed by atoms with Gasteiger partial charge in [0.25, 0.3) is 0 Å². The monoisotopic (exact) mass is 384 g/mol. The Morgan fingerprint density at radius 3 is 2.67 bits per heavy atom. The second-order valence-corrected chi connectivity index (χ2v) is 8.37. The van der Waals surface area contributed by atoms with Gasteiger partial charge in [-0.15, -0.1) is 5.10 Å². The van der Waals surface area contributed by atoms with E-state index < -0.39 is 0 Å². The van der Waals surface area contributed by atoms with Crippen LogP contribution in [-0.4, -0.2) is 36.6 Å². The quantitative estimate of drug-likeness (QED) is 0.656. The molecule has 7 nitrogen and oxygen atoms in total. The van der Waals surface area contributed by atoms with Crippen molar-refractivity contribution in [3.05, 3.63) is 47.4 Å². The van der Waals surface area contributed by atoms with Gasteiger partial charge < -0.3 is 5.32 Å². The fourth-order valence-electron chi connectivity index (χ4n) is 2.53. The summed E-state index contributed by atoms with van der Waals surface area (Å²) in [7, 11) is 0. The molecule has 2 heterocycles. The Morgan fingerprint density at radius 2 is 2.00 bits per heavy atom. The lowest BCUT2D eigenvalue weighted by molar-refractivity contribution is -0.113. The molecule has 0 bridgehead atoms. The normalized spacial score (nSPS) is 11.6. The zero-order valence-electron chi connectivity index (χ0n) is 16.2. The number of aromatic amines is 1. The lowest BCUT2D eigenvalue weighted by atomic mass is 9.96. The van der Waals surface area contributed by atoms with Gasteiger partial charge in [0.05, 0.1) is 17.1 Å². The number of carbonyl (C=O) groups is 1. The predicted octanol–water partition coefficient (Wildman–Crippen LogP) is 3.64. The first-order chi connectivity index (χ1) is 12.7. The van der Waals surface area contributed by atoms with E-state index in [-0.39, 0.29) is 17.1 Å². The van der Waals surface area contributed by atoms with E-state index in [1.165, 1.54) is 11.8 Å². The zero-order chi connectivity index (χ0) is 19.6. The Hall–Kier alpha value is -2.61. The van der Waals surface area contributed by atoms with Crippen LogP contribution >= 0.6 is 11.8 Å². The Morgan fingerprint density at radius 1 is 1.26 bits per heavy atom. The first-order valence-electron chi connectivity index (χ1n) is 8.72. The van der Waals surface area contributed by atoms with Gasteiger partial charge >= 0.3 is 0 Å². The third kappa shape index (κ3) is 4.57. The molecular weight excluding hydrogens is 360 g/mol. The Kier molecular flexibility index (Phi) is 5.36. The van der Waals surface area contributed by atoms with Crippen molar-refractivity contribution in [3.8, 4) is 5.69 Å². The topological polar surface area (TPSA) is 88.5 Å². The molecule has 0 saturated carbocycles.